The Balaban J connectivity index is 1.27. The molecule has 1 amide bonds. The fraction of sp³-hybridized carbons (Fsp3) is 0.280. The number of halogens is 2. The molecule has 9 heteroatoms. The maximum Gasteiger partial charge on any atom is 0.270 e. The summed E-state index contributed by atoms with van der Waals surface area (Å²) in [6.45, 7) is 3.18. The number of H-pyrrole nitrogens is 1. The highest BCUT2D eigenvalue weighted by molar-refractivity contribution is 5.92. The number of nitrogens with one attached hydrogen (secondary N) is 1. The second kappa shape index (κ2) is 8.81. The number of amides is 1. The summed E-state index contributed by atoms with van der Waals surface area (Å²) in [6.07, 6.45) is 5.16. The predicted molar refractivity (Wildman–Crippen MR) is 126 cm³/mol. The zero-order valence-corrected chi connectivity index (χ0v) is 18.7. The van der Waals surface area contributed by atoms with Crippen molar-refractivity contribution < 1.29 is 13.6 Å². The SMILES string of the molecule is CC(F)(F)c1cccc(CC(=O)N2CCN(c3ncnc4[nH]c(-c5cccnc5)cc34)CC2)c1. The normalized spacial score (nSPS) is 14.6. The van der Waals surface area contributed by atoms with Crippen LogP contribution in [0.15, 0.2) is 61.2 Å². The molecule has 0 saturated carbocycles. The van der Waals surface area contributed by atoms with E-state index in [2.05, 4.69) is 24.8 Å². The lowest BCUT2D eigenvalue weighted by molar-refractivity contribution is -0.130. The summed E-state index contributed by atoms with van der Waals surface area (Å²) < 4.78 is 27.2. The predicted octanol–water partition coefficient (Wildman–Crippen LogP) is 4.02. The van der Waals surface area contributed by atoms with Crippen LogP contribution in [0.3, 0.4) is 0 Å². The molecule has 4 aromatic rings. The number of piperazine rings is 1. The average molecular weight is 463 g/mol. The summed E-state index contributed by atoms with van der Waals surface area (Å²) in [5.74, 6) is -2.17. The number of hydrogen-bond donors (Lipinski definition) is 1. The molecule has 1 saturated heterocycles. The van der Waals surface area contributed by atoms with E-state index in [0.717, 1.165) is 35.0 Å². The Morgan fingerprint density at radius 3 is 2.65 bits per heavy atom. The summed E-state index contributed by atoms with van der Waals surface area (Å²) in [4.78, 5) is 33.1. The lowest BCUT2D eigenvalue weighted by atomic mass is 10.0. The minimum absolute atomic E-state index is 0.0652. The molecule has 0 atom stereocenters. The van der Waals surface area contributed by atoms with E-state index in [0.29, 0.717) is 31.7 Å². The van der Waals surface area contributed by atoms with Crippen molar-refractivity contribution >= 4 is 22.8 Å². The Morgan fingerprint density at radius 1 is 1.09 bits per heavy atom. The van der Waals surface area contributed by atoms with Gasteiger partial charge in [0, 0.05) is 62.3 Å². The van der Waals surface area contributed by atoms with E-state index in [1.54, 1.807) is 29.4 Å². The van der Waals surface area contributed by atoms with Crippen LogP contribution in [0.2, 0.25) is 0 Å². The van der Waals surface area contributed by atoms with Crippen molar-refractivity contribution in [3.05, 3.63) is 72.3 Å². The van der Waals surface area contributed by atoms with E-state index in [-0.39, 0.29) is 17.9 Å². The molecule has 34 heavy (non-hydrogen) atoms. The van der Waals surface area contributed by atoms with Crippen LogP contribution >= 0.6 is 0 Å². The monoisotopic (exact) mass is 462 g/mol. The standard InChI is InChI=1S/C25H24F2N6O/c1-25(26,27)19-6-2-4-17(12-19)13-22(34)32-8-10-33(11-9-32)24-20-14-21(18-5-3-7-28-15-18)31-23(20)29-16-30-24/h2-7,12,14-16H,8-11,13H2,1H3,(H,29,30,31). The van der Waals surface area contributed by atoms with Crippen molar-refractivity contribution in [3.8, 4) is 11.3 Å². The van der Waals surface area contributed by atoms with E-state index >= 15 is 0 Å². The van der Waals surface area contributed by atoms with E-state index in [4.69, 9.17) is 0 Å². The van der Waals surface area contributed by atoms with E-state index < -0.39 is 5.92 Å². The number of hydrogen-bond acceptors (Lipinski definition) is 5. The largest absolute Gasteiger partial charge is 0.352 e. The Labute approximate surface area is 195 Å². The Morgan fingerprint density at radius 2 is 1.91 bits per heavy atom. The highest BCUT2D eigenvalue weighted by atomic mass is 19.3. The number of rotatable bonds is 5. The molecule has 3 aromatic heterocycles. The van der Waals surface area contributed by atoms with Gasteiger partial charge in [0.2, 0.25) is 5.91 Å². The molecule has 1 aliphatic rings. The molecule has 0 radical (unpaired) electrons. The van der Waals surface area contributed by atoms with Crippen LogP contribution in [-0.4, -0.2) is 56.9 Å². The Kier molecular flexibility index (Phi) is 5.69. The van der Waals surface area contributed by atoms with Crippen molar-refractivity contribution in [2.24, 2.45) is 0 Å². The van der Waals surface area contributed by atoms with E-state index in [9.17, 15) is 13.6 Å². The number of benzene rings is 1. The van der Waals surface area contributed by atoms with Crippen molar-refractivity contribution in [2.75, 3.05) is 31.1 Å². The highest BCUT2D eigenvalue weighted by Gasteiger charge is 2.26. The topological polar surface area (TPSA) is 78.0 Å². The number of anilines is 1. The molecule has 0 unspecified atom stereocenters. The molecule has 0 bridgehead atoms. The third kappa shape index (κ3) is 4.46. The zero-order chi connectivity index (χ0) is 23.7. The van der Waals surface area contributed by atoms with E-state index in [1.165, 1.54) is 18.5 Å². The van der Waals surface area contributed by atoms with Gasteiger partial charge in [-0.25, -0.2) is 18.7 Å². The van der Waals surface area contributed by atoms with Crippen LogP contribution < -0.4 is 4.90 Å². The highest BCUT2D eigenvalue weighted by Crippen LogP contribution is 2.29. The first kappa shape index (κ1) is 21.9. The van der Waals surface area contributed by atoms with Gasteiger partial charge in [0.25, 0.3) is 5.92 Å². The number of nitrogens with zero attached hydrogens (tertiary/aromatic N) is 5. The quantitative estimate of drug-likeness (QED) is 0.485. The number of carbonyl (C=O) groups is 1. The van der Waals surface area contributed by atoms with E-state index in [1.807, 2.05) is 18.2 Å². The first-order chi connectivity index (χ1) is 16.4. The summed E-state index contributed by atoms with van der Waals surface area (Å²) in [5.41, 5.74) is 3.15. The third-order valence-electron chi connectivity index (χ3n) is 6.10. The summed E-state index contributed by atoms with van der Waals surface area (Å²) >= 11 is 0. The zero-order valence-electron chi connectivity index (χ0n) is 18.7. The number of aromatic amines is 1. The molecule has 4 heterocycles. The molecule has 1 aliphatic heterocycles. The molecule has 1 N–H and O–H groups in total. The maximum atomic E-state index is 13.6. The smallest absolute Gasteiger partial charge is 0.270 e. The molecule has 5 rings (SSSR count). The Bertz CT molecular complexity index is 1310. The molecular weight excluding hydrogens is 438 g/mol. The van der Waals surface area contributed by atoms with Gasteiger partial charge in [-0.15, -0.1) is 0 Å². The number of alkyl halides is 2. The number of fused-ring (bicyclic) bond motifs is 1. The van der Waals surface area contributed by atoms with Crippen molar-refractivity contribution in [1.82, 2.24) is 24.8 Å². The average Bonchev–Trinajstić information content (AvgIpc) is 3.29. The fourth-order valence-electron chi connectivity index (χ4n) is 4.26. The van der Waals surface area contributed by atoms with Crippen LogP contribution in [0.5, 0.6) is 0 Å². The van der Waals surface area contributed by atoms with Crippen LogP contribution in [0.4, 0.5) is 14.6 Å². The van der Waals surface area contributed by atoms with Gasteiger partial charge < -0.3 is 14.8 Å². The first-order valence-electron chi connectivity index (χ1n) is 11.1. The van der Waals surface area contributed by atoms with Gasteiger partial charge in [0.15, 0.2) is 0 Å². The molecule has 1 aromatic carbocycles. The number of pyridine rings is 1. The van der Waals surface area contributed by atoms with Gasteiger partial charge in [-0.3, -0.25) is 9.78 Å². The lowest BCUT2D eigenvalue weighted by Crippen LogP contribution is -2.49. The molecule has 1 fully saturated rings. The van der Waals surface area contributed by atoms with Crippen molar-refractivity contribution in [1.29, 1.82) is 0 Å². The fourth-order valence-corrected chi connectivity index (χ4v) is 4.26. The summed E-state index contributed by atoms with van der Waals surface area (Å²) in [6, 6.07) is 12.0. The number of aromatic nitrogens is 4. The molecule has 174 valence electrons. The molecular formula is C25H24F2N6O. The second-order valence-electron chi connectivity index (χ2n) is 8.52. The van der Waals surface area contributed by atoms with Gasteiger partial charge in [-0.1, -0.05) is 18.2 Å². The van der Waals surface area contributed by atoms with Crippen LogP contribution in [0.1, 0.15) is 18.1 Å². The van der Waals surface area contributed by atoms with Crippen LogP contribution in [0, 0.1) is 0 Å². The molecule has 7 nitrogen and oxygen atoms in total. The first-order valence-corrected chi connectivity index (χ1v) is 11.1. The Hall–Kier alpha value is -3.88. The van der Waals surface area contributed by atoms with Gasteiger partial charge in [-0.05, 0) is 29.8 Å². The van der Waals surface area contributed by atoms with Gasteiger partial charge in [0.1, 0.15) is 17.8 Å². The van der Waals surface area contributed by atoms with Gasteiger partial charge in [0.05, 0.1) is 11.8 Å². The van der Waals surface area contributed by atoms with Crippen molar-refractivity contribution in [2.45, 2.75) is 19.3 Å². The van der Waals surface area contributed by atoms with Crippen molar-refractivity contribution in [3.63, 3.8) is 0 Å². The molecule has 0 spiro atoms. The number of carbonyl (C=O) groups excluding carboxylic acids is 1. The van der Waals surface area contributed by atoms with Crippen LogP contribution in [0.25, 0.3) is 22.3 Å². The van der Waals surface area contributed by atoms with Gasteiger partial charge in [-0.2, -0.15) is 0 Å². The second-order valence-corrected chi connectivity index (χ2v) is 8.52. The van der Waals surface area contributed by atoms with Crippen LogP contribution in [-0.2, 0) is 17.1 Å². The summed E-state index contributed by atoms with van der Waals surface area (Å²) in [5, 5.41) is 0.915. The third-order valence-corrected chi connectivity index (χ3v) is 6.10. The lowest BCUT2D eigenvalue weighted by Gasteiger charge is -2.35. The minimum atomic E-state index is -2.93. The maximum absolute atomic E-state index is 13.6. The summed E-state index contributed by atoms with van der Waals surface area (Å²) in [7, 11) is 0. The van der Waals surface area contributed by atoms with Gasteiger partial charge >= 0.3 is 0 Å². The minimum Gasteiger partial charge on any atom is -0.352 e. The molecule has 0 aliphatic carbocycles.